The molecule has 0 atom stereocenters. The van der Waals surface area contributed by atoms with Crippen LogP contribution in [0.2, 0.25) is 0 Å². The van der Waals surface area contributed by atoms with E-state index >= 15 is 0 Å². The van der Waals surface area contributed by atoms with Gasteiger partial charge < -0.3 is 15.1 Å². The summed E-state index contributed by atoms with van der Waals surface area (Å²) in [5, 5.41) is 2.90. The summed E-state index contributed by atoms with van der Waals surface area (Å²) < 4.78 is 27.3. The number of anilines is 2. The molecule has 0 aliphatic carbocycles. The first-order valence-electron chi connectivity index (χ1n) is 10.9. The molecular weight excluding hydrogens is 444 g/mol. The minimum Gasteiger partial charge on any atom is -0.394 e. The normalized spacial score (nSPS) is 22.5. The Morgan fingerprint density at radius 3 is 2.45 bits per heavy atom. The lowest BCUT2D eigenvalue weighted by molar-refractivity contribution is -0.110. The molecule has 0 unspecified atom stereocenters. The Morgan fingerprint density at radius 1 is 1.18 bits per heavy atom. The Labute approximate surface area is 194 Å². The van der Waals surface area contributed by atoms with Gasteiger partial charge in [0.25, 0.3) is 16.1 Å². The van der Waals surface area contributed by atoms with Crippen LogP contribution in [0.1, 0.15) is 31.4 Å². The summed E-state index contributed by atoms with van der Waals surface area (Å²) in [4.78, 5) is 30.9. The van der Waals surface area contributed by atoms with Gasteiger partial charge in [-0.05, 0) is 30.9 Å². The zero-order chi connectivity index (χ0) is 23.8. The molecule has 1 aromatic heterocycles. The molecule has 12 heteroatoms. The van der Waals surface area contributed by atoms with Gasteiger partial charge in [-0.1, -0.05) is 6.92 Å². The van der Waals surface area contributed by atoms with Crippen LogP contribution in [0.3, 0.4) is 0 Å². The number of guanidine groups is 1. The number of likely N-dealkylation sites (N-methyl/N-ethyl adjacent to an activating group) is 2. The highest BCUT2D eigenvalue weighted by atomic mass is 32.2. The number of aliphatic imine (C=N–C) groups is 2. The lowest BCUT2D eigenvalue weighted by Gasteiger charge is -2.36. The topological polar surface area (TPSA) is 115 Å². The van der Waals surface area contributed by atoms with Crippen LogP contribution in [-0.4, -0.2) is 86.4 Å². The fourth-order valence-electron chi connectivity index (χ4n) is 4.26. The number of amides is 1. The van der Waals surface area contributed by atoms with Crippen LogP contribution in [0.5, 0.6) is 0 Å². The summed E-state index contributed by atoms with van der Waals surface area (Å²) in [6.45, 7) is 11.7. The number of hydrogen-bond acceptors (Lipinski definition) is 7. The minimum absolute atomic E-state index is 0.0145. The molecule has 2 saturated heterocycles. The number of aromatic nitrogens is 1. The van der Waals surface area contributed by atoms with Gasteiger partial charge in [0, 0.05) is 51.9 Å². The van der Waals surface area contributed by atoms with Crippen molar-refractivity contribution in [2.45, 2.75) is 25.7 Å². The van der Waals surface area contributed by atoms with E-state index in [1.165, 1.54) is 8.61 Å². The summed E-state index contributed by atoms with van der Waals surface area (Å²) in [5.74, 6) is 0.799. The molecule has 4 rings (SSSR count). The highest BCUT2D eigenvalue weighted by molar-refractivity contribution is 7.86. The molecule has 1 aromatic rings. The Balaban J connectivity index is 1.62. The van der Waals surface area contributed by atoms with Crippen molar-refractivity contribution in [2.24, 2.45) is 15.9 Å². The summed E-state index contributed by atoms with van der Waals surface area (Å²) in [7, 11) is -0.290. The smallest absolute Gasteiger partial charge is 0.367 e. The van der Waals surface area contributed by atoms with E-state index in [0.717, 1.165) is 31.6 Å². The van der Waals surface area contributed by atoms with E-state index in [1.54, 1.807) is 14.1 Å². The maximum Gasteiger partial charge on any atom is 0.367 e. The molecule has 176 valence electrons. The van der Waals surface area contributed by atoms with Gasteiger partial charge in [-0.25, -0.2) is 4.98 Å². The van der Waals surface area contributed by atoms with E-state index in [1.807, 2.05) is 12.1 Å². The van der Waals surface area contributed by atoms with Crippen LogP contribution in [0.15, 0.2) is 22.1 Å². The van der Waals surface area contributed by atoms with Crippen molar-refractivity contribution >= 4 is 39.3 Å². The zero-order valence-electron chi connectivity index (χ0n) is 19.0. The molecule has 0 radical (unpaired) electrons. The van der Waals surface area contributed by atoms with Crippen LogP contribution in [0.4, 0.5) is 11.5 Å². The molecule has 0 saturated carbocycles. The fourth-order valence-corrected chi connectivity index (χ4v) is 5.47. The molecule has 0 bridgehead atoms. The van der Waals surface area contributed by atoms with E-state index in [-0.39, 0.29) is 24.1 Å². The van der Waals surface area contributed by atoms with Crippen LogP contribution in [-0.2, 0) is 15.0 Å². The summed E-state index contributed by atoms with van der Waals surface area (Å²) in [6, 6.07) is 3.66. The van der Waals surface area contributed by atoms with Crippen molar-refractivity contribution < 1.29 is 13.2 Å². The first-order valence-corrected chi connectivity index (χ1v) is 12.3. The number of carbonyl (C=O) groups is 1. The summed E-state index contributed by atoms with van der Waals surface area (Å²) in [5.41, 5.74) is 1.55. The van der Waals surface area contributed by atoms with Crippen molar-refractivity contribution in [1.82, 2.24) is 13.6 Å². The van der Waals surface area contributed by atoms with Crippen molar-refractivity contribution in [3.05, 3.63) is 29.2 Å². The molecule has 3 aliphatic heterocycles. The average molecular weight is 473 g/mol. The van der Waals surface area contributed by atoms with Crippen molar-refractivity contribution in [3.8, 4) is 0 Å². The van der Waals surface area contributed by atoms with Gasteiger partial charge in [0.05, 0.1) is 5.69 Å². The third-order valence-corrected chi connectivity index (χ3v) is 8.23. The van der Waals surface area contributed by atoms with E-state index in [4.69, 9.17) is 11.6 Å². The second-order valence-electron chi connectivity index (χ2n) is 8.78. The van der Waals surface area contributed by atoms with Crippen LogP contribution >= 0.6 is 0 Å². The van der Waals surface area contributed by atoms with Gasteiger partial charge in [0.1, 0.15) is 6.54 Å². The number of rotatable bonds is 4. The predicted octanol–water partition coefficient (Wildman–Crippen LogP) is 1.19. The zero-order valence-corrected chi connectivity index (χ0v) is 19.8. The van der Waals surface area contributed by atoms with Crippen molar-refractivity contribution in [2.75, 3.05) is 57.0 Å². The molecule has 1 N–H and O–H groups in total. The van der Waals surface area contributed by atoms with E-state index in [9.17, 15) is 13.2 Å². The monoisotopic (exact) mass is 472 g/mol. The van der Waals surface area contributed by atoms with E-state index in [0.29, 0.717) is 30.5 Å². The second-order valence-corrected chi connectivity index (χ2v) is 10.9. The van der Waals surface area contributed by atoms with Gasteiger partial charge in [0.15, 0.2) is 11.5 Å². The lowest BCUT2D eigenvalue weighted by atomic mass is 9.99. The molecule has 11 nitrogen and oxygen atoms in total. The molecule has 4 heterocycles. The Bertz CT molecular complexity index is 1130. The number of pyridine rings is 1. The van der Waals surface area contributed by atoms with Gasteiger partial charge in [0.2, 0.25) is 0 Å². The fraction of sp³-hybridized carbons (Fsp3) is 0.571. The SMILES string of the molecule is [C-]#[N+]C1=NCC(C(=O)Nc2ccc(C3CN(C)S(=O)(=O)N(C)C3)nc2N2CCC(C)CC2)=N1. The second kappa shape index (κ2) is 9.17. The Morgan fingerprint density at radius 2 is 1.85 bits per heavy atom. The lowest BCUT2D eigenvalue weighted by Crippen LogP contribution is -2.49. The van der Waals surface area contributed by atoms with E-state index < -0.39 is 16.1 Å². The maximum atomic E-state index is 12.8. The van der Waals surface area contributed by atoms with Gasteiger partial charge >= 0.3 is 5.96 Å². The molecule has 0 aromatic carbocycles. The third-order valence-electron chi connectivity index (χ3n) is 6.36. The minimum atomic E-state index is -3.43. The molecule has 1 amide bonds. The van der Waals surface area contributed by atoms with E-state index in [2.05, 4.69) is 32.0 Å². The Hall–Kier alpha value is -2.88. The standard InChI is InChI=1S/C21H28N8O3S/c1-14-7-9-29(10-8-14)19-17(25-20(30)18-11-23-21(22-2)26-18)6-5-16(24-19)15-12-27(3)33(31,32)28(4)13-15/h5-6,14-15H,7-13H2,1,3-4H3,(H,25,30). The molecular formula is C21H28N8O3S. The van der Waals surface area contributed by atoms with Crippen molar-refractivity contribution in [3.63, 3.8) is 0 Å². The number of piperidine rings is 1. The first kappa shape index (κ1) is 23.3. The van der Waals surface area contributed by atoms with Gasteiger partial charge in [-0.15, -0.1) is 11.6 Å². The van der Waals surface area contributed by atoms with Gasteiger partial charge in [-0.3, -0.25) is 4.79 Å². The van der Waals surface area contributed by atoms with Crippen LogP contribution in [0, 0.1) is 12.5 Å². The van der Waals surface area contributed by atoms with Crippen LogP contribution in [0.25, 0.3) is 4.85 Å². The number of nitrogens with zero attached hydrogens (tertiary/aromatic N) is 7. The van der Waals surface area contributed by atoms with Crippen molar-refractivity contribution in [1.29, 1.82) is 0 Å². The summed E-state index contributed by atoms with van der Waals surface area (Å²) >= 11 is 0. The maximum absolute atomic E-state index is 12.8. The number of nitrogens with one attached hydrogen (secondary N) is 1. The quantitative estimate of drug-likeness (QED) is 0.661. The molecule has 33 heavy (non-hydrogen) atoms. The molecule has 0 spiro atoms. The predicted molar refractivity (Wildman–Crippen MR) is 127 cm³/mol. The summed E-state index contributed by atoms with van der Waals surface area (Å²) in [6.07, 6.45) is 2.06. The molecule has 2 fully saturated rings. The first-order chi connectivity index (χ1) is 15.7. The van der Waals surface area contributed by atoms with Crippen LogP contribution < -0.4 is 10.2 Å². The van der Waals surface area contributed by atoms with Gasteiger partial charge in [-0.2, -0.15) is 22.0 Å². The third kappa shape index (κ3) is 4.75. The molecule has 3 aliphatic rings. The average Bonchev–Trinajstić information content (AvgIpc) is 3.28. The number of carbonyl (C=O) groups excluding carboxylic acids is 1. The largest absolute Gasteiger partial charge is 0.394 e. The highest BCUT2D eigenvalue weighted by Gasteiger charge is 2.35. The highest BCUT2D eigenvalue weighted by Crippen LogP contribution is 2.32. The number of hydrogen-bond donors (Lipinski definition) is 1. The Kier molecular flexibility index (Phi) is 6.47.